The maximum Gasteiger partial charge on any atom is 0.107 e. The van der Waals surface area contributed by atoms with Gasteiger partial charge in [0.25, 0.3) is 0 Å². The van der Waals surface area contributed by atoms with Crippen LogP contribution in [0.4, 0.5) is 0 Å². The van der Waals surface area contributed by atoms with Crippen LogP contribution in [0.5, 0.6) is 0 Å². The summed E-state index contributed by atoms with van der Waals surface area (Å²) in [5.41, 5.74) is 6.98. The molecule has 1 aromatic rings. The molecule has 2 rings (SSSR count). The van der Waals surface area contributed by atoms with E-state index in [2.05, 4.69) is 31.1 Å². The number of ether oxygens (including phenoxy) is 1. The molecule has 1 fully saturated rings. The van der Waals surface area contributed by atoms with Crippen molar-refractivity contribution in [1.29, 1.82) is 0 Å². The molecule has 1 atom stereocenters. The molecular weight excluding hydrogens is 317 g/mol. The average Bonchev–Trinajstić information content (AvgIpc) is 2.77. The van der Waals surface area contributed by atoms with Crippen molar-refractivity contribution in [3.63, 3.8) is 0 Å². The number of nitrogens with two attached hydrogens (primary N) is 1. The highest BCUT2D eigenvalue weighted by molar-refractivity contribution is 7.09. The Morgan fingerprint density at radius 3 is 2.70 bits per heavy atom. The Bertz CT molecular complexity index is 395. The van der Waals surface area contributed by atoms with Crippen LogP contribution in [-0.2, 0) is 16.7 Å². The molecule has 7 heteroatoms. The molecule has 2 N–H and O–H groups in total. The van der Waals surface area contributed by atoms with Gasteiger partial charge in [-0.05, 0) is 0 Å². The molecule has 4 nitrogen and oxygen atoms in total. The standard InChI is InChI=1S/C13H23N3OS.2ClH/c1-13(2,3)11-9-18-12(15-11)8-16-4-5-17-10(6-14)7-16;;/h9-10H,4-8,14H2,1-3H3;2*1H. The second-order valence-corrected chi connectivity index (χ2v) is 6.78. The van der Waals surface area contributed by atoms with E-state index >= 15 is 0 Å². The van der Waals surface area contributed by atoms with Crippen molar-refractivity contribution in [3.8, 4) is 0 Å². The van der Waals surface area contributed by atoms with Gasteiger partial charge < -0.3 is 10.5 Å². The van der Waals surface area contributed by atoms with Crippen LogP contribution >= 0.6 is 36.2 Å². The van der Waals surface area contributed by atoms with Crippen molar-refractivity contribution in [1.82, 2.24) is 9.88 Å². The van der Waals surface area contributed by atoms with Crippen LogP contribution in [0.25, 0.3) is 0 Å². The molecule has 0 bridgehead atoms. The summed E-state index contributed by atoms with van der Waals surface area (Å²) in [7, 11) is 0. The Morgan fingerprint density at radius 2 is 2.15 bits per heavy atom. The van der Waals surface area contributed by atoms with Gasteiger partial charge in [-0.15, -0.1) is 36.2 Å². The molecule has 0 aliphatic carbocycles. The van der Waals surface area contributed by atoms with E-state index in [-0.39, 0.29) is 36.3 Å². The third kappa shape index (κ3) is 5.47. The lowest BCUT2D eigenvalue weighted by molar-refractivity contribution is -0.0260. The fourth-order valence-corrected chi connectivity index (χ4v) is 3.05. The Labute approximate surface area is 137 Å². The van der Waals surface area contributed by atoms with Gasteiger partial charge in [0.1, 0.15) is 5.01 Å². The van der Waals surface area contributed by atoms with Gasteiger partial charge in [0, 0.05) is 30.4 Å². The third-order valence-electron chi connectivity index (χ3n) is 3.16. The van der Waals surface area contributed by atoms with Crippen molar-refractivity contribution in [2.75, 3.05) is 26.2 Å². The van der Waals surface area contributed by atoms with Gasteiger partial charge in [0.05, 0.1) is 24.9 Å². The number of aromatic nitrogens is 1. The van der Waals surface area contributed by atoms with E-state index < -0.39 is 0 Å². The zero-order valence-electron chi connectivity index (χ0n) is 12.3. The average molecular weight is 342 g/mol. The summed E-state index contributed by atoms with van der Waals surface area (Å²) in [5, 5.41) is 3.37. The summed E-state index contributed by atoms with van der Waals surface area (Å²) in [6, 6.07) is 0. The van der Waals surface area contributed by atoms with Crippen molar-refractivity contribution >= 4 is 36.2 Å². The first-order chi connectivity index (χ1) is 8.49. The molecular formula is C13H25Cl2N3OS. The maximum absolute atomic E-state index is 5.66. The minimum Gasteiger partial charge on any atom is -0.374 e. The lowest BCUT2D eigenvalue weighted by atomic mass is 9.93. The van der Waals surface area contributed by atoms with Crippen molar-refractivity contribution in [2.45, 2.75) is 38.8 Å². The van der Waals surface area contributed by atoms with E-state index in [0.29, 0.717) is 6.54 Å². The van der Waals surface area contributed by atoms with Crippen LogP contribution in [0.1, 0.15) is 31.5 Å². The SMILES string of the molecule is CC(C)(C)c1csc(CN2CCOC(CN)C2)n1.Cl.Cl. The zero-order chi connectivity index (χ0) is 13.2. The van der Waals surface area contributed by atoms with Crippen LogP contribution in [0.3, 0.4) is 0 Å². The maximum atomic E-state index is 5.66. The summed E-state index contributed by atoms with van der Waals surface area (Å²) >= 11 is 1.75. The summed E-state index contributed by atoms with van der Waals surface area (Å²) in [6.45, 7) is 10.8. The highest BCUT2D eigenvalue weighted by atomic mass is 35.5. The largest absolute Gasteiger partial charge is 0.374 e. The minimum atomic E-state index is 0. The van der Waals surface area contributed by atoms with Crippen LogP contribution in [-0.4, -0.2) is 42.2 Å². The van der Waals surface area contributed by atoms with Gasteiger partial charge in [0.15, 0.2) is 0 Å². The second-order valence-electron chi connectivity index (χ2n) is 5.84. The summed E-state index contributed by atoms with van der Waals surface area (Å²) in [5.74, 6) is 0. The Kier molecular flexibility index (Phi) is 8.55. The molecule has 20 heavy (non-hydrogen) atoms. The van der Waals surface area contributed by atoms with Crippen LogP contribution in [0.2, 0.25) is 0 Å². The van der Waals surface area contributed by atoms with E-state index in [9.17, 15) is 0 Å². The number of rotatable bonds is 3. The zero-order valence-corrected chi connectivity index (χ0v) is 14.7. The fourth-order valence-electron chi connectivity index (χ4n) is 1.99. The Hall–Kier alpha value is 0.0900. The Balaban J connectivity index is 0.00000180. The molecule has 118 valence electrons. The minimum absolute atomic E-state index is 0. The predicted octanol–water partition coefficient (Wildman–Crippen LogP) is 2.44. The topological polar surface area (TPSA) is 51.4 Å². The second kappa shape index (κ2) is 8.51. The highest BCUT2D eigenvalue weighted by Gasteiger charge is 2.22. The van der Waals surface area contributed by atoms with Crippen LogP contribution in [0, 0.1) is 0 Å². The molecule has 0 spiro atoms. The molecule has 0 saturated carbocycles. The molecule has 1 aliphatic rings. The molecule has 0 radical (unpaired) electrons. The molecule has 1 aromatic heterocycles. The lowest BCUT2D eigenvalue weighted by Crippen LogP contribution is -2.45. The van der Waals surface area contributed by atoms with Gasteiger partial charge in [-0.2, -0.15) is 0 Å². The lowest BCUT2D eigenvalue weighted by Gasteiger charge is -2.31. The monoisotopic (exact) mass is 341 g/mol. The van der Waals surface area contributed by atoms with E-state index in [1.165, 1.54) is 10.7 Å². The van der Waals surface area contributed by atoms with Gasteiger partial charge in [0.2, 0.25) is 0 Å². The van der Waals surface area contributed by atoms with Gasteiger partial charge in [-0.3, -0.25) is 4.90 Å². The number of nitrogens with zero attached hydrogens (tertiary/aromatic N) is 2. The molecule has 0 amide bonds. The smallest absolute Gasteiger partial charge is 0.107 e. The molecule has 1 saturated heterocycles. The number of thiazole rings is 1. The number of hydrogen-bond donors (Lipinski definition) is 1. The molecule has 0 aromatic carbocycles. The van der Waals surface area contributed by atoms with Crippen LogP contribution in [0.15, 0.2) is 5.38 Å². The summed E-state index contributed by atoms with van der Waals surface area (Å²) < 4.78 is 5.57. The van der Waals surface area contributed by atoms with Crippen molar-refractivity contribution in [2.24, 2.45) is 5.73 Å². The number of morpholine rings is 1. The third-order valence-corrected chi connectivity index (χ3v) is 4.00. The first-order valence-electron chi connectivity index (χ1n) is 6.48. The van der Waals surface area contributed by atoms with Gasteiger partial charge >= 0.3 is 0 Å². The van der Waals surface area contributed by atoms with Crippen molar-refractivity contribution < 1.29 is 4.74 Å². The van der Waals surface area contributed by atoms with E-state index in [0.717, 1.165) is 26.2 Å². The molecule has 1 unspecified atom stereocenters. The molecule has 1 aliphatic heterocycles. The highest BCUT2D eigenvalue weighted by Crippen LogP contribution is 2.24. The fraction of sp³-hybridized carbons (Fsp3) is 0.769. The quantitative estimate of drug-likeness (QED) is 0.917. The number of hydrogen-bond acceptors (Lipinski definition) is 5. The van der Waals surface area contributed by atoms with E-state index in [1.54, 1.807) is 11.3 Å². The predicted molar refractivity (Wildman–Crippen MR) is 89.4 cm³/mol. The van der Waals surface area contributed by atoms with Crippen LogP contribution < -0.4 is 5.73 Å². The van der Waals surface area contributed by atoms with Crippen molar-refractivity contribution in [3.05, 3.63) is 16.1 Å². The van der Waals surface area contributed by atoms with Gasteiger partial charge in [-0.25, -0.2) is 4.98 Å². The van der Waals surface area contributed by atoms with Gasteiger partial charge in [-0.1, -0.05) is 20.8 Å². The normalized spacial score (nSPS) is 20.1. The summed E-state index contributed by atoms with van der Waals surface area (Å²) in [4.78, 5) is 7.11. The summed E-state index contributed by atoms with van der Waals surface area (Å²) in [6.07, 6.45) is 0.181. The molecule has 2 heterocycles. The van der Waals surface area contributed by atoms with E-state index in [4.69, 9.17) is 15.5 Å². The first kappa shape index (κ1) is 20.1. The van der Waals surface area contributed by atoms with E-state index in [1.807, 2.05) is 0 Å². The Morgan fingerprint density at radius 1 is 1.45 bits per heavy atom. The first-order valence-corrected chi connectivity index (χ1v) is 7.36. The number of halogens is 2.